The van der Waals surface area contributed by atoms with Crippen LogP contribution < -0.4 is 5.32 Å². The zero-order valence-electron chi connectivity index (χ0n) is 11.7. The van der Waals surface area contributed by atoms with E-state index in [1.54, 1.807) is 0 Å². The Morgan fingerprint density at radius 1 is 1.41 bits per heavy atom. The molecule has 1 fully saturated rings. The predicted molar refractivity (Wildman–Crippen MR) is 71.1 cm³/mol. The quantitative estimate of drug-likeness (QED) is 0.720. The summed E-state index contributed by atoms with van der Waals surface area (Å²) in [6, 6.07) is 0. The summed E-state index contributed by atoms with van der Waals surface area (Å²) in [6.45, 7) is 8.94. The van der Waals surface area contributed by atoms with Gasteiger partial charge in [-0.15, -0.1) is 0 Å². The molecule has 1 aliphatic rings. The van der Waals surface area contributed by atoms with Crippen LogP contribution in [0.1, 0.15) is 46.5 Å². The molecule has 1 aliphatic carbocycles. The molecule has 3 unspecified atom stereocenters. The molecule has 0 spiro atoms. The molecule has 1 rings (SSSR count). The Morgan fingerprint density at radius 3 is 2.82 bits per heavy atom. The van der Waals surface area contributed by atoms with Crippen LogP contribution >= 0.6 is 0 Å². The fourth-order valence-electron chi connectivity index (χ4n) is 2.60. The summed E-state index contributed by atoms with van der Waals surface area (Å²) in [5.41, 5.74) is -0.740. The molecular weight excluding hydrogens is 214 g/mol. The fourth-order valence-corrected chi connectivity index (χ4v) is 2.60. The lowest BCUT2D eigenvalue weighted by Crippen LogP contribution is -2.42. The lowest BCUT2D eigenvalue weighted by molar-refractivity contribution is -0.0448. The van der Waals surface area contributed by atoms with Gasteiger partial charge in [-0.05, 0) is 38.1 Å². The number of nitrogens with one attached hydrogen (secondary N) is 1. The topological polar surface area (TPSA) is 41.5 Å². The molecule has 2 N–H and O–H groups in total. The van der Waals surface area contributed by atoms with Crippen molar-refractivity contribution in [1.82, 2.24) is 5.32 Å². The van der Waals surface area contributed by atoms with Gasteiger partial charge in [0.25, 0.3) is 0 Å². The van der Waals surface area contributed by atoms with E-state index in [1.165, 1.54) is 25.7 Å². The third-order valence-corrected chi connectivity index (χ3v) is 3.57. The Morgan fingerprint density at radius 2 is 2.18 bits per heavy atom. The van der Waals surface area contributed by atoms with E-state index in [0.717, 1.165) is 19.1 Å². The van der Waals surface area contributed by atoms with E-state index in [1.807, 2.05) is 13.8 Å². The van der Waals surface area contributed by atoms with Gasteiger partial charge in [-0.3, -0.25) is 0 Å². The summed E-state index contributed by atoms with van der Waals surface area (Å²) < 4.78 is 5.69. The molecule has 1 saturated carbocycles. The van der Waals surface area contributed by atoms with Crippen LogP contribution in [0.25, 0.3) is 0 Å². The molecular formula is C14H29NO2. The van der Waals surface area contributed by atoms with E-state index in [-0.39, 0.29) is 0 Å². The Bertz CT molecular complexity index is 206. The van der Waals surface area contributed by atoms with Crippen molar-refractivity contribution >= 4 is 0 Å². The lowest BCUT2D eigenvalue weighted by Gasteiger charge is -2.28. The number of aliphatic hydroxyl groups is 1. The zero-order chi connectivity index (χ0) is 12.7. The predicted octanol–water partition coefficient (Wildman–Crippen LogP) is 2.19. The lowest BCUT2D eigenvalue weighted by atomic mass is 9.83. The van der Waals surface area contributed by atoms with Gasteiger partial charge in [-0.25, -0.2) is 0 Å². The Labute approximate surface area is 106 Å². The van der Waals surface area contributed by atoms with E-state index in [9.17, 15) is 5.11 Å². The van der Waals surface area contributed by atoms with Crippen molar-refractivity contribution in [2.24, 2.45) is 11.8 Å². The Hall–Kier alpha value is -0.120. The van der Waals surface area contributed by atoms with E-state index < -0.39 is 5.60 Å². The summed E-state index contributed by atoms with van der Waals surface area (Å²) in [6.07, 6.45) is 5.28. The normalized spacial score (nSPS) is 28.9. The highest BCUT2D eigenvalue weighted by Crippen LogP contribution is 2.28. The maximum absolute atomic E-state index is 10.0. The molecule has 0 heterocycles. The minimum Gasteiger partial charge on any atom is -0.386 e. The van der Waals surface area contributed by atoms with Crippen molar-refractivity contribution in [3.05, 3.63) is 0 Å². The Balaban J connectivity index is 2.13. The summed E-state index contributed by atoms with van der Waals surface area (Å²) in [7, 11) is 0. The van der Waals surface area contributed by atoms with E-state index in [4.69, 9.17) is 4.74 Å². The van der Waals surface area contributed by atoms with Gasteiger partial charge in [0.2, 0.25) is 0 Å². The number of hydrogen-bond acceptors (Lipinski definition) is 3. The molecule has 0 bridgehead atoms. The van der Waals surface area contributed by atoms with E-state index in [2.05, 4.69) is 12.2 Å². The molecule has 3 heteroatoms. The summed E-state index contributed by atoms with van der Waals surface area (Å²) >= 11 is 0. The van der Waals surface area contributed by atoms with Crippen LogP contribution in [0.5, 0.6) is 0 Å². The molecule has 0 saturated heterocycles. The molecule has 0 aromatic heterocycles. The van der Waals surface area contributed by atoms with Crippen molar-refractivity contribution in [1.29, 1.82) is 0 Å². The van der Waals surface area contributed by atoms with Gasteiger partial charge >= 0.3 is 0 Å². The van der Waals surface area contributed by atoms with Gasteiger partial charge in [0.05, 0.1) is 12.2 Å². The second-order valence-electron chi connectivity index (χ2n) is 5.93. The van der Waals surface area contributed by atoms with Crippen molar-refractivity contribution in [2.75, 3.05) is 26.3 Å². The highest BCUT2D eigenvalue weighted by Gasteiger charge is 2.22. The summed E-state index contributed by atoms with van der Waals surface area (Å²) in [5.74, 6) is 1.55. The molecule has 0 aliphatic heterocycles. The standard InChI is InChI=1S/C14H29NO2/c1-4-15-10-14(3,16)11-17-9-13-7-5-6-12(2)8-13/h12-13,15-16H,4-11H2,1-3H3. The van der Waals surface area contributed by atoms with Crippen LogP contribution in [0, 0.1) is 11.8 Å². The van der Waals surface area contributed by atoms with Crippen LogP contribution in [0.3, 0.4) is 0 Å². The van der Waals surface area contributed by atoms with Gasteiger partial charge in [-0.2, -0.15) is 0 Å². The van der Waals surface area contributed by atoms with Crippen LogP contribution in [-0.4, -0.2) is 37.0 Å². The smallest absolute Gasteiger partial charge is 0.0975 e. The second-order valence-corrected chi connectivity index (χ2v) is 5.93. The van der Waals surface area contributed by atoms with Crippen molar-refractivity contribution in [2.45, 2.75) is 52.1 Å². The first-order valence-electron chi connectivity index (χ1n) is 7.04. The molecule has 17 heavy (non-hydrogen) atoms. The van der Waals surface area contributed by atoms with Gasteiger partial charge < -0.3 is 15.2 Å². The molecule has 0 aromatic rings. The first-order chi connectivity index (χ1) is 8.03. The third kappa shape index (κ3) is 6.39. The monoisotopic (exact) mass is 243 g/mol. The van der Waals surface area contributed by atoms with Crippen LogP contribution in [0.2, 0.25) is 0 Å². The number of likely N-dealkylation sites (N-methyl/N-ethyl adjacent to an activating group) is 1. The zero-order valence-corrected chi connectivity index (χ0v) is 11.7. The minimum absolute atomic E-state index is 0.435. The SMILES string of the molecule is CCNCC(C)(O)COCC1CCCC(C)C1. The molecule has 0 radical (unpaired) electrons. The van der Waals surface area contributed by atoms with E-state index >= 15 is 0 Å². The maximum atomic E-state index is 10.0. The van der Waals surface area contributed by atoms with Crippen molar-refractivity contribution in [3.8, 4) is 0 Å². The number of ether oxygens (including phenoxy) is 1. The molecule has 0 aromatic carbocycles. The maximum Gasteiger partial charge on any atom is 0.0975 e. The van der Waals surface area contributed by atoms with Crippen molar-refractivity contribution < 1.29 is 9.84 Å². The number of rotatable bonds is 7. The first kappa shape index (κ1) is 14.9. The van der Waals surface area contributed by atoms with Gasteiger partial charge in [0, 0.05) is 13.2 Å². The number of hydrogen-bond donors (Lipinski definition) is 2. The van der Waals surface area contributed by atoms with Crippen molar-refractivity contribution in [3.63, 3.8) is 0 Å². The molecule has 0 amide bonds. The first-order valence-corrected chi connectivity index (χ1v) is 7.04. The average molecular weight is 243 g/mol. The van der Waals surface area contributed by atoms with Gasteiger partial charge in [0.15, 0.2) is 0 Å². The van der Waals surface area contributed by atoms with Gasteiger partial charge in [-0.1, -0.05) is 26.7 Å². The third-order valence-electron chi connectivity index (χ3n) is 3.57. The highest BCUT2D eigenvalue weighted by atomic mass is 16.5. The van der Waals surface area contributed by atoms with E-state index in [0.29, 0.717) is 19.1 Å². The largest absolute Gasteiger partial charge is 0.386 e. The van der Waals surface area contributed by atoms with Crippen LogP contribution in [0.4, 0.5) is 0 Å². The Kier molecular flexibility index (Phi) is 6.45. The fraction of sp³-hybridized carbons (Fsp3) is 1.00. The molecule has 102 valence electrons. The highest BCUT2D eigenvalue weighted by molar-refractivity contribution is 4.75. The van der Waals surface area contributed by atoms with Crippen LogP contribution in [-0.2, 0) is 4.74 Å². The molecule has 3 atom stereocenters. The summed E-state index contributed by atoms with van der Waals surface area (Å²) in [4.78, 5) is 0. The minimum atomic E-state index is -0.740. The second kappa shape index (κ2) is 7.34. The van der Waals surface area contributed by atoms with Gasteiger partial charge in [0.1, 0.15) is 0 Å². The summed E-state index contributed by atoms with van der Waals surface area (Å²) in [5, 5.41) is 13.2. The van der Waals surface area contributed by atoms with Crippen LogP contribution in [0.15, 0.2) is 0 Å². The average Bonchev–Trinajstić information content (AvgIpc) is 2.26. The molecule has 3 nitrogen and oxygen atoms in total.